The summed E-state index contributed by atoms with van der Waals surface area (Å²) in [6, 6.07) is 13.9. The molecule has 0 unspecified atom stereocenters. The highest BCUT2D eigenvalue weighted by atomic mass is 32.2. The zero-order chi connectivity index (χ0) is 21.8. The lowest BCUT2D eigenvalue weighted by Gasteiger charge is -2.26. The van der Waals surface area contributed by atoms with Gasteiger partial charge in [0.05, 0.1) is 18.1 Å². The van der Waals surface area contributed by atoms with E-state index in [0.717, 1.165) is 0 Å². The van der Waals surface area contributed by atoms with Crippen molar-refractivity contribution in [2.75, 3.05) is 26.3 Å². The molecule has 0 amide bonds. The molecule has 0 radical (unpaired) electrons. The van der Waals surface area contributed by atoms with Crippen molar-refractivity contribution in [3.8, 4) is 5.75 Å². The van der Waals surface area contributed by atoms with Gasteiger partial charge in [0.1, 0.15) is 11.3 Å². The third-order valence-corrected chi connectivity index (χ3v) is 6.63. The fourth-order valence-electron chi connectivity index (χ4n) is 3.11. The van der Waals surface area contributed by atoms with Crippen LogP contribution in [0, 0.1) is 0 Å². The van der Waals surface area contributed by atoms with Crippen LogP contribution in [0.2, 0.25) is 0 Å². The minimum absolute atomic E-state index is 0.187. The van der Waals surface area contributed by atoms with Crippen molar-refractivity contribution in [1.82, 2.24) is 4.31 Å². The first-order chi connectivity index (χ1) is 14.9. The van der Waals surface area contributed by atoms with Crippen LogP contribution in [0.4, 0.5) is 0 Å². The molecule has 4 rings (SSSR count). The summed E-state index contributed by atoms with van der Waals surface area (Å²) in [5, 5.41) is 0.710. The van der Waals surface area contributed by atoms with Crippen molar-refractivity contribution >= 4 is 33.0 Å². The standard InChI is InChI=1S/C22H19NO7S/c24-21(29-18-6-4-17-5-10-22(25)30-20(17)15-18)9-3-16-1-7-19(8-2-16)31(26,27)23-11-13-28-14-12-23/h1-10,15H,11-14H2/b9-3+. The molecule has 0 saturated carbocycles. The molecule has 1 aliphatic heterocycles. The molecule has 1 aromatic heterocycles. The summed E-state index contributed by atoms with van der Waals surface area (Å²) >= 11 is 0. The first-order valence-electron chi connectivity index (χ1n) is 9.54. The number of carbonyl (C=O) groups is 1. The van der Waals surface area contributed by atoms with Gasteiger partial charge in [-0.05, 0) is 42.0 Å². The average molecular weight is 441 g/mol. The predicted molar refractivity (Wildman–Crippen MR) is 113 cm³/mol. The number of hydrogen-bond acceptors (Lipinski definition) is 7. The number of morpholine rings is 1. The Bertz CT molecular complexity index is 1290. The van der Waals surface area contributed by atoms with Gasteiger partial charge in [0.2, 0.25) is 10.0 Å². The molecule has 1 aliphatic rings. The van der Waals surface area contributed by atoms with Gasteiger partial charge < -0.3 is 13.9 Å². The van der Waals surface area contributed by atoms with Crippen LogP contribution < -0.4 is 10.4 Å². The van der Waals surface area contributed by atoms with Crippen molar-refractivity contribution in [2.45, 2.75) is 4.90 Å². The van der Waals surface area contributed by atoms with E-state index in [1.54, 1.807) is 30.3 Å². The Balaban J connectivity index is 1.42. The van der Waals surface area contributed by atoms with Crippen molar-refractivity contribution in [2.24, 2.45) is 0 Å². The van der Waals surface area contributed by atoms with E-state index in [2.05, 4.69) is 0 Å². The lowest BCUT2D eigenvalue weighted by atomic mass is 10.2. The van der Waals surface area contributed by atoms with Crippen molar-refractivity contribution in [3.05, 3.63) is 76.7 Å². The Hall–Kier alpha value is -3.27. The fraction of sp³-hybridized carbons (Fsp3) is 0.182. The Labute approximate surface area is 178 Å². The second-order valence-electron chi connectivity index (χ2n) is 6.79. The molecule has 31 heavy (non-hydrogen) atoms. The summed E-state index contributed by atoms with van der Waals surface area (Å²) in [5.74, 6) is -0.383. The third-order valence-electron chi connectivity index (χ3n) is 4.71. The SMILES string of the molecule is O=C(/C=C/c1ccc(S(=O)(=O)N2CCOCC2)cc1)Oc1ccc2ccc(=O)oc2c1. The molecule has 8 nitrogen and oxygen atoms in total. The number of hydrogen-bond donors (Lipinski definition) is 0. The molecular weight excluding hydrogens is 422 g/mol. The van der Waals surface area contributed by atoms with Crippen molar-refractivity contribution in [1.29, 1.82) is 0 Å². The van der Waals surface area contributed by atoms with Crippen LogP contribution in [0.15, 0.2) is 74.8 Å². The van der Waals surface area contributed by atoms with Gasteiger partial charge in [0.15, 0.2) is 0 Å². The number of ether oxygens (including phenoxy) is 2. The molecule has 1 fully saturated rings. The van der Waals surface area contributed by atoms with E-state index in [1.165, 1.54) is 40.7 Å². The van der Waals surface area contributed by atoms with Gasteiger partial charge in [-0.3, -0.25) is 0 Å². The Morgan fingerprint density at radius 1 is 1.00 bits per heavy atom. The highest BCUT2D eigenvalue weighted by Crippen LogP contribution is 2.20. The lowest BCUT2D eigenvalue weighted by Crippen LogP contribution is -2.40. The molecule has 2 aromatic carbocycles. The number of sulfonamides is 1. The molecule has 0 spiro atoms. The lowest BCUT2D eigenvalue weighted by molar-refractivity contribution is -0.128. The van der Waals surface area contributed by atoms with Gasteiger partial charge in [-0.1, -0.05) is 12.1 Å². The summed E-state index contributed by atoms with van der Waals surface area (Å²) < 4.78 is 42.2. The van der Waals surface area contributed by atoms with Crippen molar-refractivity contribution in [3.63, 3.8) is 0 Å². The smallest absolute Gasteiger partial charge is 0.336 e. The molecule has 3 aromatic rings. The van der Waals surface area contributed by atoms with E-state index in [9.17, 15) is 18.0 Å². The molecule has 0 atom stereocenters. The largest absolute Gasteiger partial charge is 0.423 e. The fourth-order valence-corrected chi connectivity index (χ4v) is 4.51. The second-order valence-corrected chi connectivity index (χ2v) is 8.73. The normalized spacial score (nSPS) is 15.4. The van der Waals surface area contributed by atoms with E-state index in [4.69, 9.17) is 13.9 Å². The maximum Gasteiger partial charge on any atom is 0.336 e. The molecule has 0 N–H and O–H groups in total. The molecule has 0 bridgehead atoms. The van der Waals surface area contributed by atoms with Gasteiger partial charge >= 0.3 is 11.6 Å². The maximum atomic E-state index is 12.6. The summed E-state index contributed by atoms with van der Waals surface area (Å²) in [6.45, 7) is 1.42. The zero-order valence-electron chi connectivity index (χ0n) is 16.4. The molecule has 0 aliphatic carbocycles. The van der Waals surface area contributed by atoms with Gasteiger partial charge in [-0.15, -0.1) is 0 Å². The van der Waals surface area contributed by atoms with E-state index >= 15 is 0 Å². The van der Waals surface area contributed by atoms with Crippen LogP contribution >= 0.6 is 0 Å². The zero-order valence-corrected chi connectivity index (χ0v) is 17.2. The van der Waals surface area contributed by atoms with Crippen LogP contribution in [0.1, 0.15) is 5.56 Å². The summed E-state index contributed by atoms with van der Waals surface area (Å²) in [6.07, 6.45) is 2.76. The Morgan fingerprint density at radius 2 is 1.71 bits per heavy atom. The minimum atomic E-state index is -3.57. The summed E-state index contributed by atoms with van der Waals surface area (Å²) in [7, 11) is -3.57. The minimum Gasteiger partial charge on any atom is -0.423 e. The number of esters is 1. The van der Waals surface area contributed by atoms with Gasteiger partial charge in [-0.25, -0.2) is 18.0 Å². The molecule has 2 heterocycles. The van der Waals surface area contributed by atoms with E-state index in [1.807, 2.05) is 0 Å². The first-order valence-corrected chi connectivity index (χ1v) is 11.0. The van der Waals surface area contributed by atoms with Gasteiger partial charge in [0.25, 0.3) is 0 Å². The number of rotatable bonds is 5. The highest BCUT2D eigenvalue weighted by molar-refractivity contribution is 7.89. The van der Waals surface area contributed by atoms with Crippen LogP contribution in [-0.4, -0.2) is 45.0 Å². The van der Waals surface area contributed by atoms with Crippen LogP contribution in [0.5, 0.6) is 5.75 Å². The van der Waals surface area contributed by atoms with E-state index in [-0.39, 0.29) is 10.6 Å². The number of benzene rings is 2. The van der Waals surface area contributed by atoms with Gasteiger partial charge in [-0.2, -0.15) is 4.31 Å². The molecule has 160 valence electrons. The highest BCUT2D eigenvalue weighted by Gasteiger charge is 2.25. The van der Waals surface area contributed by atoms with E-state index < -0.39 is 21.6 Å². The molecule has 9 heteroatoms. The topological polar surface area (TPSA) is 103 Å². The number of fused-ring (bicyclic) bond motifs is 1. The average Bonchev–Trinajstić information content (AvgIpc) is 2.78. The van der Waals surface area contributed by atoms with Crippen LogP contribution in [0.25, 0.3) is 17.0 Å². The summed E-state index contributed by atoms with van der Waals surface area (Å²) in [4.78, 5) is 23.6. The first kappa shape index (κ1) is 21.0. The number of nitrogens with zero attached hydrogens (tertiary/aromatic N) is 1. The number of carbonyl (C=O) groups excluding carboxylic acids is 1. The maximum absolute atomic E-state index is 12.6. The van der Waals surface area contributed by atoms with Crippen LogP contribution in [-0.2, 0) is 19.6 Å². The quantitative estimate of drug-likeness (QED) is 0.259. The summed E-state index contributed by atoms with van der Waals surface area (Å²) in [5.41, 5.74) is 0.469. The predicted octanol–water partition coefficient (Wildman–Crippen LogP) is 2.43. The third kappa shape index (κ3) is 4.91. The Morgan fingerprint density at radius 3 is 2.45 bits per heavy atom. The van der Waals surface area contributed by atoms with Crippen LogP contribution in [0.3, 0.4) is 0 Å². The Kier molecular flexibility index (Phi) is 5.99. The van der Waals surface area contributed by atoms with E-state index in [0.29, 0.717) is 42.8 Å². The molecule has 1 saturated heterocycles. The molecular formula is C22H19NO7S. The van der Waals surface area contributed by atoms with Gasteiger partial charge in [0, 0.05) is 36.7 Å². The van der Waals surface area contributed by atoms with Crippen molar-refractivity contribution < 1.29 is 27.1 Å². The second kappa shape index (κ2) is 8.84. The monoisotopic (exact) mass is 441 g/mol.